The van der Waals surface area contributed by atoms with Crippen LogP contribution in [0.2, 0.25) is 0 Å². The fraction of sp³-hybridized carbons (Fsp3) is 0.105. The Bertz CT molecular complexity index is 1060. The van der Waals surface area contributed by atoms with Gasteiger partial charge in [-0.3, -0.25) is 4.79 Å². The number of hydrogen-bond acceptors (Lipinski definition) is 5. The molecule has 0 radical (unpaired) electrons. The number of anilines is 1. The van der Waals surface area contributed by atoms with E-state index in [0.29, 0.717) is 16.5 Å². The van der Waals surface area contributed by atoms with Crippen molar-refractivity contribution in [2.45, 2.75) is 6.92 Å². The second-order valence-electron chi connectivity index (χ2n) is 5.59. The number of amides is 1. The van der Waals surface area contributed by atoms with Crippen molar-refractivity contribution in [1.29, 1.82) is 0 Å². The first-order chi connectivity index (χ1) is 12.4. The lowest BCUT2D eigenvalue weighted by atomic mass is 10.2. The summed E-state index contributed by atoms with van der Waals surface area (Å²) in [6.07, 6.45) is 0. The first kappa shape index (κ1) is 17.3. The lowest BCUT2D eigenvalue weighted by Gasteiger charge is -2.08. The van der Waals surface area contributed by atoms with Gasteiger partial charge in [-0.1, -0.05) is 24.3 Å². The van der Waals surface area contributed by atoms with E-state index in [4.69, 9.17) is 9.15 Å². The van der Waals surface area contributed by atoms with Crippen LogP contribution >= 0.6 is 0 Å². The molecule has 1 amide bonds. The molecule has 26 heavy (non-hydrogen) atoms. The Hall–Kier alpha value is -3.48. The van der Waals surface area contributed by atoms with E-state index in [1.54, 1.807) is 37.3 Å². The molecule has 0 aliphatic rings. The minimum atomic E-state index is -0.996. The van der Waals surface area contributed by atoms with Crippen molar-refractivity contribution in [2.75, 3.05) is 11.9 Å². The Balaban J connectivity index is 1.67. The van der Waals surface area contributed by atoms with E-state index in [9.17, 15) is 18.8 Å². The maximum atomic E-state index is 13.7. The van der Waals surface area contributed by atoms with Crippen molar-refractivity contribution in [2.24, 2.45) is 0 Å². The minimum Gasteiger partial charge on any atom is -0.452 e. The second-order valence-corrected chi connectivity index (χ2v) is 5.59. The molecule has 0 bridgehead atoms. The number of fused-ring (bicyclic) bond motifs is 1. The normalized spacial score (nSPS) is 10.5. The maximum Gasteiger partial charge on any atom is 0.351 e. The van der Waals surface area contributed by atoms with E-state index in [2.05, 4.69) is 5.32 Å². The molecule has 2 aromatic carbocycles. The number of aryl methyl sites for hydroxylation is 1. The number of halogens is 1. The molecule has 132 valence electrons. The summed E-state index contributed by atoms with van der Waals surface area (Å²) in [6, 6.07) is 12.3. The van der Waals surface area contributed by atoms with E-state index in [1.807, 2.05) is 0 Å². The lowest BCUT2D eigenvalue weighted by molar-refractivity contribution is -0.119. The second kappa shape index (κ2) is 7.18. The molecule has 7 heteroatoms. The quantitative estimate of drug-likeness (QED) is 0.574. The molecule has 3 rings (SSSR count). The molecule has 1 heterocycles. The molecule has 0 saturated carbocycles. The van der Waals surface area contributed by atoms with Gasteiger partial charge in [0.05, 0.1) is 5.69 Å². The van der Waals surface area contributed by atoms with E-state index >= 15 is 0 Å². The SMILES string of the molecule is Cc1ccc(NC(=O)COC(=O)c2cc3ccccc3oc2=O)c(F)c1. The van der Waals surface area contributed by atoms with Crippen LogP contribution in [0.25, 0.3) is 11.0 Å². The molecular formula is C19H14FNO5. The summed E-state index contributed by atoms with van der Waals surface area (Å²) >= 11 is 0. The topological polar surface area (TPSA) is 85.6 Å². The van der Waals surface area contributed by atoms with Crippen molar-refractivity contribution in [3.05, 3.63) is 75.9 Å². The fourth-order valence-electron chi connectivity index (χ4n) is 2.32. The number of carbonyl (C=O) groups is 2. The Kier molecular flexibility index (Phi) is 4.79. The molecule has 0 fully saturated rings. The summed E-state index contributed by atoms with van der Waals surface area (Å²) < 4.78 is 23.6. The van der Waals surface area contributed by atoms with Crippen molar-refractivity contribution < 1.29 is 23.1 Å². The summed E-state index contributed by atoms with van der Waals surface area (Å²) in [5, 5.41) is 2.84. The zero-order valence-electron chi connectivity index (χ0n) is 13.7. The highest BCUT2D eigenvalue weighted by Gasteiger charge is 2.17. The highest BCUT2D eigenvalue weighted by molar-refractivity contribution is 5.96. The number of carbonyl (C=O) groups excluding carboxylic acids is 2. The zero-order chi connectivity index (χ0) is 18.7. The number of rotatable bonds is 4. The average molecular weight is 355 g/mol. The summed E-state index contributed by atoms with van der Waals surface area (Å²) in [7, 11) is 0. The Morgan fingerprint density at radius 3 is 2.69 bits per heavy atom. The average Bonchev–Trinajstić information content (AvgIpc) is 2.61. The van der Waals surface area contributed by atoms with E-state index < -0.39 is 29.9 Å². The number of nitrogens with one attached hydrogen (secondary N) is 1. The Morgan fingerprint density at radius 2 is 1.92 bits per heavy atom. The monoisotopic (exact) mass is 355 g/mol. The van der Waals surface area contributed by atoms with Crippen LogP contribution in [0.4, 0.5) is 10.1 Å². The summed E-state index contributed by atoms with van der Waals surface area (Å²) in [4.78, 5) is 35.7. The largest absolute Gasteiger partial charge is 0.452 e. The molecule has 1 N–H and O–H groups in total. The standard InChI is InChI=1S/C19H14FNO5/c1-11-6-7-15(14(20)8-11)21-17(22)10-25-18(23)13-9-12-4-2-3-5-16(12)26-19(13)24/h2-9H,10H2,1H3,(H,21,22). The van der Waals surface area contributed by atoms with Gasteiger partial charge in [0.25, 0.3) is 5.91 Å². The molecule has 0 aliphatic carbocycles. The van der Waals surface area contributed by atoms with Gasteiger partial charge in [0.2, 0.25) is 0 Å². The zero-order valence-corrected chi connectivity index (χ0v) is 13.7. The third kappa shape index (κ3) is 3.77. The molecule has 1 aromatic heterocycles. The van der Waals surface area contributed by atoms with Crippen LogP contribution in [-0.2, 0) is 9.53 Å². The van der Waals surface area contributed by atoms with Gasteiger partial charge < -0.3 is 14.5 Å². The third-order valence-corrected chi connectivity index (χ3v) is 3.59. The summed E-state index contributed by atoms with van der Waals surface area (Å²) in [5.41, 5.74) is -0.171. The van der Waals surface area contributed by atoms with E-state index in [-0.39, 0.29) is 11.3 Å². The number of hydrogen-bond donors (Lipinski definition) is 1. The van der Waals surface area contributed by atoms with Crippen LogP contribution in [0.1, 0.15) is 15.9 Å². The Labute approximate surface area is 147 Å². The molecule has 0 spiro atoms. The Morgan fingerprint density at radius 1 is 1.15 bits per heavy atom. The first-order valence-electron chi connectivity index (χ1n) is 7.70. The lowest BCUT2D eigenvalue weighted by Crippen LogP contribution is -2.24. The number of ether oxygens (including phenoxy) is 1. The molecule has 0 aliphatic heterocycles. The van der Waals surface area contributed by atoms with Crippen molar-refractivity contribution >= 4 is 28.5 Å². The van der Waals surface area contributed by atoms with Crippen LogP contribution in [0.15, 0.2) is 57.7 Å². The van der Waals surface area contributed by atoms with Gasteiger partial charge in [0.15, 0.2) is 6.61 Å². The van der Waals surface area contributed by atoms with Crippen LogP contribution in [-0.4, -0.2) is 18.5 Å². The first-order valence-corrected chi connectivity index (χ1v) is 7.70. The van der Waals surface area contributed by atoms with E-state index in [1.165, 1.54) is 18.2 Å². The van der Waals surface area contributed by atoms with Gasteiger partial charge in [-0.2, -0.15) is 0 Å². The number of para-hydroxylation sites is 1. The van der Waals surface area contributed by atoms with Gasteiger partial charge in [-0.25, -0.2) is 14.0 Å². The van der Waals surface area contributed by atoms with E-state index in [0.717, 1.165) is 0 Å². The smallest absolute Gasteiger partial charge is 0.351 e. The van der Waals surface area contributed by atoms with Crippen LogP contribution in [0.5, 0.6) is 0 Å². The van der Waals surface area contributed by atoms with Gasteiger partial charge >= 0.3 is 11.6 Å². The molecular weight excluding hydrogens is 341 g/mol. The van der Waals surface area contributed by atoms with Gasteiger partial charge in [0, 0.05) is 5.39 Å². The third-order valence-electron chi connectivity index (χ3n) is 3.59. The van der Waals surface area contributed by atoms with Crippen molar-refractivity contribution in [3.8, 4) is 0 Å². The van der Waals surface area contributed by atoms with Crippen LogP contribution in [0, 0.1) is 12.7 Å². The number of benzene rings is 2. The molecule has 3 aromatic rings. The van der Waals surface area contributed by atoms with Crippen LogP contribution < -0.4 is 10.9 Å². The summed E-state index contributed by atoms with van der Waals surface area (Å²) in [5.74, 6) is -2.32. The minimum absolute atomic E-state index is 0.0260. The van der Waals surface area contributed by atoms with Crippen LogP contribution in [0.3, 0.4) is 0 Å². The maximum absolute atomic E-state index is 13.7. The van der Waals surface area contributed by atoms with Crippen molar-refractivity contribution in [1.82, 2.24) is 0 Å². The van der Waals surface area contributed by atoms with Crippen molar-refractivity contribution in [3.63, 3.8) is 0 Å². The predicted molar refractivity (Wildman–Crippen MR) is 92.5 cm³/mol. The molecule has 0 atom stereocenters. The number of esters is 1. The predicted octanol–water partition coefficient (Wildman–Crippen LogP) is 3.04. The van der Waals surface area contributed by atoms with Gasteiger partial charge in [-0.15, -0.1) is 0 Å². The molecule has 0 saturated heterocycles. The van der Waals surface area contributed by atoms with Gasteiger partial charge in [-0.05, 0) is 36.8 Å². The summed E-state index contributed by atoms with van der Waals surface area (Å²) in [6.45, 7) is 1.05. The molecule has 0 unspecified atom stereocenters. The fourth-order valence-corrected chi connectivity index (χ4v) is 2.32. The highest BCUT2D eigenvalue weighted by Crippen LogP contribution is 2.15. The molecule has 6 nitrogen and oxygen atoms in total. The van der Waals surface area contributed by atoms with Gasteiger partial charge in [0.1, 0.15) is 17.0 Å². The highest BCUT2D eigenvalue weighted by atomic mass is 19.1.